The molecule has 0 bridgehead atoms. The Balaban J connectivity index is 2.04. The SMILES string of the molecule is CC(=O)Nc1cc(NC(C)=O)cc(C(=O)NNC(=O)[C@H](C)Oc2cccc(Br)c2)c1. The number of hydrogen-bond acceptors (Lipinski definition) is 5. The van der Waals surface area contributed by atoms with Gasteiger partial charge in [-0.2, -0.15) is 0 Å². The van der Waals surface area contributed by atoms with Crippen LogP contribution in [0.2, 0.25) is 0 Å². The lowest BCUT2D eigenvalue weighted by atomic mass is 10.1. The van der Waals surface area contributed by atoms with Gasteiger partial charge in [-0.15, -0.1) is 0 Å². The Kier molecular flexibility index (Phi) is 7.93. The maximum Gasteiger partial charge on any atom is 0.279 e. The molecule has 0 saturated carbocycles. The summed E-state index contributed by atoms with van der Waals surface area (Å²) in [6.07, 6.45) is -0.875. The molecule has 4 N–H and O–H groups in total. The minimum Gasteiger partial charge on any atom is -0.481 e. The molecule has 10 heteroatoms. The van der Waals surface area contributed by atoms with Gasteiger partial charge < -0.3 is 15.4 Å². The highest BCUT2D eigenvalue weighted by atomic mass is 79.9. The van der Waals surface area contributed by atoms with Crippen LogP contribution in [-0.2, 0) is 14.4 Å². The highest BCUT2D eigenvalue weighted by Crippen LogP contribution is 2.20. The van der Waals surface area contributed by atoms with Crippen molar-refractivity contribution < 1.29 is 23.9 Å². The Morgan fingerprint density at radius 2 is 1.50 bits per heavy atom. The fraction of sp³-hybridized carbons (Fsp3) is 0.200. The quantitative estimate of drug-likeness (QED) is 0.476. The molecule has 0 aliphatic rings. The van der Waals surface area contributed by atoms with Crippen molar-refractivity contribution >= 4 is 50.9 Å². The number of nitrogens with one attached hydrogen (secondary N) is 4. The van der Waals surface area contributed by atoms with Crippen LogP contribution in [0.15, 0.2) is 46.9 Å². The third-order valence-electron chi connectivity index (χ3n) is 3.61. The van der Waals surface area contributed by atoms with Crippen LogP contribution in [0.4, 0.5) is 11.4 Å². The molecule has 0 heterocycles. The van der Waals surface area contributed by atoms with Gasteiger partial charge in [-0.05, 0) is 43.3 Å². The molecule has 30 heavy (non-hydrogen) atoms. The largest absolute Gasteiger partial charge is 0.481 e. The summed E-state index contributed by atoms with van der Waals surface area (Å²) in [5.41, 5.74) is 5.32. The summed E-state index contributed by atoms with van der Waals surface area (Å²) >= 11 is 3.32. The van der Waals surface area contributed by atoms with E-state index in [0.717, 1.165) is 4.47 Å². The molecule has 0 aliphatic heterocycles. The fourth-order valence-corrected chi connectivity index (χ4v) is 2.78. The Morgan fingerprint density at radius 1 is 0.900 bits per heavy atom. The van der Waals surface area contributed by atoms with Gasteiger partial charge in [0.05, 0.1) is 0 Å². The van der Waals surface area contributed by atoms with Gasteiger partial charge in [-0.1, -0.05) is 22.0 Å². The predicted octanol–water partition coefficient (Wildman–Crippen LogP) is 2.59. The van der Waals surface area contributed by atoms with Crippen LogP contribution in [0.1, 0.15) is 31.1 Å². The molecule has 0 aromatic heterocycles. The average Bonchev–Trinajstić information content (AvgIpc) is 2.64. The first-order chi connectivity index (χ1) is 14.1. The Hall–Kier alpha value is -3.40. The molecule has 9 nitrogen and oxygen atoms in total. The lowest BCUT2D eigenvalue weighted by molar-refractivity contribution is -0.128. The van der Waals surface area contributed by atoms with Crippen molar-refractivity contribution in [2.24, 2.45) is 0 Å². The van der Waals surface area contributed by atoms with Crippen molar-refractivity contribution in [2.45, 2.75) is 26.9 Å². The molecular weight excluding hydrogens is 456 g/mol. The second-order valence-corrected chi connectivity index (χ2v) is 7.24. The van der Waals surface area contributed by atoms with Crippen molar-refractivity contribution in [1.29, 1.82) is 0 Å². The maximum absolute atomic E-state index is 12.5. The number of carbonyl (C=O) groups is 4. The van der Waals surface area contributed by atoms with Gasteiger partial charge >= 0.3 is 0 Å². The van der Waals surface area contributed by atoms with Crippen LogP contribution in [0.3, 0.4) is 0 Å². The first-order valence-corrected chi connectivity index (χ1v) is 9.66. The Morgan fingerprint density at radius 3 is 2.03 bits per heavy atom. The molecule has 1 atom stereocenters. The highest BCUT2D eigenvalue weighted by molar-refractivity contribution is 9.10. The molecule has 2 aromatic rings. The maximum atomic E-state index is 12.5. The molecule has 0 unspecified atom stereocenters. The van der Waals surface area contributed by atoms with Crippen LogP contribution in [0.25, 0.3) is 0 Å². The van der Waals surface area contributed by atoms with E-state index in [-0.39, 0.29) is 17.4 Å². The minimum absolute atomic E-state index is 0.117. The summed E-state index contributed by atoms with van der Waals surface area (Å²) in [6, 6.07) is 11.3. The van der Waals surface area contributed by atoms with E-state index in [1.807, 2.05) is 6.07 Å². The molecule has 0 saturated heterocycles. The second-order valence-electron chi connectivity index (χ2n) is 6.32. The van der Waals surface area contributed by atoms with E-state index in [9.17, 15) is 19.2 Å². The summed E-state index contributed by atoms with van der Waals surface area (Å²) in [5, 5.41) is 5.09. The Labute approximate surface area is 181 Å². The molecule has 4 amide bonds. The number of rotatable bonds is 6. The molecule has 0 fully saturated rings. The van der Waals surface area contributed by atoms with Gasteiger partial charge in [0.2, 0.25) is 11.8 Å². The second kappa shape index (κ2) is 10.4. The topological polar surface area (TPSA) is 126 Å². The predicted molar refractivity (Wildman–Crippen MR) is 115 cm³/mol. The van der Waals surface area contributed by atoms with Gasteiger partial charge in [0.15, 0.2) is 6.10 Å². The number of benzene rings is 2. The van der Waals surface area contributed by atoms with Gasteiger partial charge in [-0.3, -0.25) is 30.0 Å². The number of halogens is 1. The molecule has 158 valence electrons. The zero-order chi connectivity index (χ0) is 22.3. The van der Waals surface area contributed by atoms with Crippen LogP contribution in [0, 0.1) is 0 Å². The third-order valence-corrected chi connectivity index (χ3v) is 4.11. The third kappa shape index (κ3) is 7.21. The van der Waals surface area contributed by atoms with E-state index in [1.165, 1.54) is 39.0 Å². The van der Waals surface area contributed by atoms with Crippen molar-refractivity contribution in [3.63, 3.8) is 0 Å². The molecular formula is C20H21BrN4O5. The van der Waals surface area contributed by atoms with Crippen molar-refractivity contribution in [1.82, 2.24) is 10.9 Å². The van der Waals surface area contributed by atoms with Crippen LogP contribution >= 0.6 is 15.9 Å². The normalized spacial score (nSPS) is 11.1. The summed E-state index contributed by atoms with van der Waals surface area (Å²) in [6.45, 7) is 4.17. The van der Waals surface area contributed by atoms with E-state index in [4.69, 9.17) is 4.74 Å². The van der Waals surface area contributed by atoms with Crippen molar-refractivity contribution in [2.75, 3.05) is 10.6 Å². The lowest BCUT2D eigenvalue weighted by Gasteiger charge is -2.16. The first kappa shape index (κ1) is 22.9. The molecule has 0 radical (unpaired) electrons. The summed E-state index contributed by atoms with van der Waals surface area (Å²) in [5.74, 6) is -1.40. The first-order valence-electron chi connectivity index (χ1n) is 8.86. The molecule has 0 aliphatic carbocycles. The van der Waals surface area contributed by atoms with Gasteiger partial charge in [-0.25, -0.2) is 0 Å². The minimum atomic E-state index is -0.875. The zero-order valence-electron chi connectivity index (χ0n) is 16.5. The van der Waals surface area contributed by atoms with Gasteiger partial charge in [0, 0.05) is 35.3 Å². The number of hydrogen-bond donors (Lipinski definition) is 4. The van der Waals surface area contributed by atoms with E-state index in [1.54, 1.807) is 18.2 Å². The van der Waals surface area contributed by atoms with Crippen LogP contribution < -0.4 is 26.2 Å². The fourth-order valence-electron chi connectivity index (χ4n) is 2.40. The average molecular weight is 477 g/mol. The number of amides is 4. The standard InChI is InChI=1S/C20H21BrN4O5/c1-11(30-18-6-4-5-15(21)9-18)19(28)24-25-20(29)14-7-16(22-12(2)26)10-17(8-14)23-13(3)27/h4-11H,1-3H3,(H,22,26)(H,23,27)(H,24,28)(H,25,29)/t11-/m0/s1. The summed E-state index contributed by atoms with van der Waals surface area (Å²) in [7, 11) is 0. The molecule has 2 rings (SSSR count). The Bertz CT molecular complexity index is 945. The van der Waals surface area contributed by atoms with Gasteiger partial charge in [0.25, 0.3) is 11.8 Å². The lowest BCUT2D eigenvalue weighted by Crippen LogP contribution is -2.47. The van der Waals surface area contributed by atoms with E-state index >= 15 is 0 Å². The number of ether oxygens (including phenoxy) is 1. The van der Waals surface area contributed by atoms with Gasteiger partial charge in [0.1, 0.15) is 5.75 Å². The van der Waals surface area contributed by atoms with Crippen molar-refractivity contribution in [3.8, 4) is 5.75 Å². The number of carbonyl (C=O) groups excluding carboxylic acids is 4. The van der Waals surface area contributed by atoms with Crippen LogP contribution in [-0.4, -0.2) is 29.7 Å². The number of anilines is 2. The van der Waals surface area contributed by atoms with E-state index in [2.05, 4.69) is 37.4 Å². The summed E-state index contributed by atoms with van der Waals surface area (Å²) in [4.78, 5) is 47.3. The molecule has 0 spiro atoms. The monoisotopic (exact) mass is 476 g/mol. The number of hydrazine groups is 1. The highest BCUT2D eigenvalue weighted by Gasteiger charge is 2.17. The zero-order valence-corrected chi connectivity index (χ0v) is 18.1. The van der Waals surface area contributed by atoms with Crippen LogP contribution in [0.5, 0.6) is 5.75 Å². The summed E-state index contributed by atoms with van der Waals surface area (Å²) < 4.78 is 6.33. The van der Waals surface area contributed by atoms with E-state index in [0.29, 0.717) is 17.1 Å². The van der Waals surface area contributed by atoms with Crippen molar-refractivity contribution in [3.05, 3.63) is 52.5 Å². The smallest absolute Gasteiger partial charge is 0.279 e. The molecule has 2 aromatic carbocycles. The van der Waals surface area contributed by atoms with E-state index < -0.39 is 17.9 Å².